The summed E-state index contributed by atoms with van der Waals surface area (Å²) in [5, 5.41) is 4.15. The highest BCUT2D eigenvalue weighted by Crippen LogP contribution is 2.21. The van der Waals surface area contributed by atoms with Crippen molar-refractivity contribution in [1.29, 1.82) is 0 Å². The molecule has 0 aliphatic carbocycles. The van der Waals surface area contributed by atoms with Gasteiger partial charge in [-0.3, -0.25) is 4.99 Å². The van der Waals surface area contributed by atoms with E-state index in [1.165, 1.54) is 17.7 Å². The van der Waals surface area contributed by atoms with E-state index in [0.717, 1.165) is 35.9 Å². The number of fused-ring (bicyclic) bond motifs is 1. The minimum absolute atomic E-state index is 0. The Labute approximate surface area is 165 Å². The second-order valence-electron chi connectivity index (χ2n) is 5.95. The van der Waals surface area contributed by atoms with Gasteiger partial charge in [-0.25, -0.2) is 4.98 Å². The lowest BCUT2D eigenvalue weighted by molar-refractivity contribution is 0.407. The average Bonchev–Trinajstić information content (AvgIpc) is 2.97. The first kappa shape index (κ1) is 19.4. The Hall–Kier alpha value is -0.960. The normalized spacial score (nSPS) is 18.5. The number of halogens is 1. The highest BCUT2D eigenvalue weighted by molar-refractivity contribution is 14.0. The Balaban J connectivity index is 0.00000208. The van der Waals surface area contributed by atoms with Gasteiger partial charge in [0.25, 0.3) is 0 Å². The summed E-state index contributed by atoms with van der Waals surface area (Å²) >= 11 is 2.07. The maximum atomic E-state index is 4.64. The van der Waals surface area contributed by atoms with Crippen LogP contribution >= 0.6 is 35.7 Å². The molecule has 1 aromatic heterocycles. The number of nitrogens with zero attached hydrogens (tertiary/aromatic N) is 3. The van der Waals surface area contributed by atoms with Crippen molar-refractivity contribution in [2.45, 2.75) is 32.1 Å². The van der Waals surface area contributed by atoms with E-state index in [1.807, 2.05) is 7.05 Å². The van der Waals surface area contributed by atoms with Gasteiger partial charge in [0.05, 0.1) is 17.6 Å². The second kappa shape index (κ2) is 8.94. The van der Waals surface area contributed by atoms with Gasteiger partial charge in [-0.2, -0.15) is 11.8 Å². The minimum atomic E-state index is 0. The fourth-order valence-corrected chi connectivity index (χ4v) is 4.09. The van der Waals surface area contributed by atoms with Gasteiger partial charge < -0.3 is 15.2 Å². The molecule has 5 nitrogen and oxygen atoms in total. The molecule has 0 radical (unpaired) electrons. The van der Waals surface area contributed by atoms with E-state index in [4.69, 9.17) is 0 Å². The number of nitrogens with one attached hydrogen (secondary N) is 2. The Morgan fingerprint density at radius 1 is 1.50 bits per heavy atom. The molecule has 24 heavy (non-hydrogen) atoms. The van der Waals surface area contributed by atoms with Gasteiger partial charge in [-0.15, -0.1) is 24.0 Å². The van der Waals surface area contributed by atoms with E-state index in [1.54, 1.807) is 0 Å². The van der Waals surface area contributed by atoms with E-state index in [0.29, 0.717) is 11.8 Å². The summed E-state index contributed by atoms with van der Waals surface area (Å²) in [5.74, 6) is 3.09. The molecule has 3 rings (SSSR count). The zero-order valence-corrected chi connectivity index (χ0v) is 17.6. The molecule has 2 N–H and O–H groups in total. The monoisotopic (exact) mass is 459 g/mol. The standard InChI is InChI=1S/C17H25N5S.HI/c1-4-13-11-22(7-8-23-13)17(18-3)19-10-16-20-14-6-5-12(2)9-15(14)21-16;/h5-6,9,13H,4,7-8,10-11H2,1-3H3,(H,18,19)(H,20,21);1H. The van der Waals surface area contributed by atoms with E-state index in [-0.39, 0.29) is 24.0 Å². The molecule has 2 aromatic rings. The van der Waals surface area contributed by atoms with Crippen LogP contribution in [0.15, 0.2) is 23.2 Å². The number of benzene rings is 1. The van der Waals surface area contributed by atoms with Crippen molar-refractivity contribution in [3.8, 4) is 0 Å². The molecule has 0 spiro atoms. The molecule has 1 saturated heterocycles. The third-order valence-electron chi connectivity index (χ3n) is 4.21. The quantitative estimate of drug-likeness (QED) is 0.420. The first-order chi connectivity index (χ1) is 11.2. The van der Waals surface area contributed by atoms with Crippen LogP contribution in [0, 0.1) is 6.92 Å². The molecule has 1 atom stereocenters. The first-order valence-electron chi connectivity index (χ1n) is 8.22. The number of aromatic amines is 1. The highest BCUT2D eigenvalue weighted by Gasteiger charge is 2.21. The van der Waals surface area contributed by atoms with Crippen LogP contribution in [0.4, 0.5) is 0 Å². The molecule has 1 fully saturated rings. The summed E-state index contributed by atoms with van der Waals surface area (Å²) < 4.78 is 0. The fourth-order valence-electron chi connectivity index (χ4n) is 2.91. The Morgan fingerprint density at radius 2 is 2.33 bits per heavy atom. The largest absolute Gasteiger partial charge is 0.349 e. The van der Waals surface area contributed by atoms with Gasteiger partial charge in [0.1, 0.15) is 5.82 Å². The number of hydrogen-bond acceptors (Lipinski definition) is 3. The van der Waals surface area contributed by atoms with Crippen LogP contribution in [0.25, 0.3) is 11.0 Å². The summed E-state index contributed by atoms with van der Waals surface area (Å²) in [6.45, 7) is 7.15. The number of aryl methyl sites for hydroxylation is 1. The van der Waals surface area contributed by atoms with Gasteiger partial charge >= 0.3 is 0 Å². The highest BCUT2D eigenvalue weighted by atomic mass is 127. The van der Waals surface area contributed by atoms with Gasteiger partial charge in [0.2, 0.25) is 0 Å². The molecule has 1 aromatic carbocycles. The smallest absolute Gasteiger partial charge is 0.194 e. The SMILES string of the molecule is CCC1CN(C(=NC)NCc2nc3ccc(C)cc3[nH]2)CCS1.I. The molecule has 0 saturated carbocycles. The maximum absolute atomic E-state index is 4.64. The first-order valence-corrected chi connectivity index (χ1v) is 9.27. The summed E-state index contributed by atoms with van der Waals surface area (Å²) in [7, 11) is 1.85. The predicted molar refractivity (Wildman–Crippen MR) is 115 cm³/mol. The number of H-pyrrole nitrogens is 1. The Kier molecular flexibility index (Phi) is 7.21. The van der Waals surface area contributed by atoms with Crippen LogP contribution < -0.4 is 5.32 Å². The molecular formula is C17H26IN5S. The lowest BCUT2D eigenvalue weighted by atomic mass is 10.2. The molecule has 2 heterocycles. The van der Waals surface area contributed by atoms with Crippen molar-refractivity contribution in [2.24, 2.45) is 4.99 Å². The fraction of sp³-hybridized carbons (Fsp3) is 0.529. The number of rotatable bonds is 3. The Morgan fingerprint density at radius 3 is 3.08 bits per heavy atom. The van der Waals surface area contributed by atoms with E-state index < -0.39 is 0 Å². The van der Waals surface area contributed by atoms with Crippen LogP contribution in [0.5, 0.6) is 0 Å². The summed E-state index contributed by atoms with van der Waals surface area (Å²) in [6, 6.07) is 6.29. The van der Waals surface area contributed by atoms with E-state index in [2.05, 4.69) is 69.0 Å². The van der Waals surface area contributed by atoms with Gasteiger partial charge in [0, 0.05) is 31.1 Å². The molecule has 1 aliphatic heterocycles. The van der Waals surface area contributed by atoms with Crippen molar-refractivity contribution >= 4 is 52.7 Å². The average molecular weight is 459 g/mol. The lowest BCUT2D eigenvalue weighted by Gasteiger charge is -2.34. The number of thioether (sulfide) groups is 1. The van der Waals surface area contributed by atoms with Gasteiger partial charge in [0.15, 0.2) is 5.96 Å². The van der Waals surface area contributed by atoms with Gasteiger partial charge in [-0.1, -0.05) is 13.0 Å². The second-order valence-corrected chi connectivity index (χ2v) is 7.36. The molecule has 0 bridgehead atoms. The third kappa shape index (κ3) is 4.56. The maximum Gasteiger partial charge on any atom is 0.194 e. The number of aliphatic imine (C=N–C) groups is 1. The summed E-state index contributed by atoms with van der Waals surface area (Å²) in [4.78, 5) is 14.8. The molecule has 1 unspecified atom stereocenters. The van der Waals surface area contributed by atoms with Crippen LogP contribution in [-0.2, 0) is 6.54 Å². The van der Waals surface area contributed by atoms with Crippen molar-refractivity contribution in [3.63, 3.8) is 0 Å². The number of aromatic nitrogens is 2. The molecule has 0 amide bonds. The van der Waals surface area contributed by atoms with Gasteiger partial charge in [-0.05, 0) is 31.0 Å². The van der Waals surface area contributed by atoms with Crippen LogP contribution in [0.3, 0.4) is 0 Å². The lowest BCUT2D eigenvalue weighted by Crippen LogP contribution is -2.47. The Bertz CT molecular complexity index is 699. The predicted octanol–water partition coefficient (Wildman–Crippen LogP) is 3.39. The van der Waals surface area contributed by atoms with Crippen molar-refractivity contribution in [3.05, 3.63) is 29.6 Å². The molecule has 1 aliphatic rings. The summed E-state index contributed by atoms with van der Waals surface area (Å²) in [5.41, 5.74) is 3.35. The molecule has 7 heteroatoms. The van der Waals surface area contributed by atoms with E-state index >= 15 is 0 Å². The number of guanidine groups is 1. The van der Waals surface area contributed by atoms with Crippen LogP contribution in [0.1, 0.15) is 24.7 Å². The van der Waals surface area contributed by atoms with Crippen molar-refractivity contribution in [1.82, 2.24) is 20.2 Å². The molecular weight excluding hydrogens is 433 g/mol. The number of imidazole rings is 1. The van der Waals surface area contributed by atoms with Crippen molar-refractivity contribution < 1.29 is 0 Å². The number of hydrogen-bond donors (Lipinski definition) is 2. The zero-order valence-electron chi connectivity index (χ0n) is 14.5. The van der Waals surface area contributed by atoms with Crippen molar-refractivity contribution in [2.75, 3.05) is 25.9 Å². The minimum Gasteiger partial charge on any atom is -0.349 e. The topological polar surface area (TPSA) is 56.3 Å². The van der Waals surface area contributed by atoms with Crippen LogP contribution in [0.2, 0.25) is 0 Å². The zero-order chi connectivity index (χ0) is 16.2. The van der Waals surface area contributed by atoms with E-state index in [9.17, 15) is 0 Å². The summed E-state index contributed by atoms with van der Waals surface area (Å²) in [6.07, 6.45) is 1.21. The third-order valence-corrected chi connectivity index (χ3v) is 5.58. The molecule has 132 valence electrons. The van der Waals surface area contributed by atoms with Crippen LogP contribution in [-0.4, -0.2) is 52.0 Å².